The van der Waals surface area contributed by atoms with Gasteiger partial charge in [0.25, 0.3) is 0 Å². The largest absolute Gasteiger partial charge is 0.508 e. The number of methoxy groups -OCH3 is 1. The predicted octanol–water partition coefficient (Wildman–Crippen LogP) is 10.2. The number of carbonyl (C=O) groups is 1. The van der Waals surface area contributed by atoms with Gasteiger partial charge in [0.2, 0.25) is 0 Å². The van der Waals surface area contributed by atoms with E-state index in [0.29, 0.717) is 48.6 Å². The summed E-state index contributed by atoms with van der Waals surface area (Å²) in [6, 6.07) is 24.7. The second kappa shape index (κ2) is 19.3. The molecule has 4 aromatic carbocycles. The third-order valence-electron chi connectivity index (χ3n) is 15.5. The minimum absolute atomic E-state index is 0.0226. The summed E-state index contributed by atoms with van der Waals surface area (Å²) in [6.45, 7) is 5.52. The molecule has 5 aliphatic rings. The van der Waals surface area contributed by atoms with Crippen LogP contribution in [0.2, 0.25) is 0 Å². The van der Waals surface area contributed by atoms with Gasteiger partial charge in [0, 0.05) is 71.9 Å². The normalized spacial score (nSPS) is 22.2. The van der Waals surface area contributed by atoms with E-state index >= 15 is 0 Å². The van der Waals surface area contributed by atoms with Crippen LogP contribution in [0.25, 0.3) is 11.1 Å². The van der Waals surface area contributed by atoms with E-state index in [2.05, 4.69) is 71.9 Å². The van der Waals surface area contributed by atoms with Crippen LogP contribution >= 0.6 is 0 Å². The van der Waals surface area contributed by atoms with Crippen LogP contribution in [-0.2, 0) is 34.2 Å². The highest BCUT2D eigenvalue weighted by Crippen LogP contribution is 2.63. The van der Waals surface area contributed by atoms with Gasteiger partial charge in [0.1, 0.15) is 48.1 Å². The minimum Gasteiger partial charge on any atom is -0.508 e. The summed E-state index contributed by atoms with van der Waals surface area (Å²) in [5, 5.41) is 30.0. The number of benzene rings is 4. The number of pyridine rings is 1. The summed E-state index contributed by atoms with van der Waals surface area (Å²) in [7, 11) is 1.65. The van der Waals surface area contributed by atoms with E-state index in [1.165, 1.54) is 44.6 Å². The van der Waals surface area contributed by atoms with Crippen molar-refractivity contribution in [2.75, 3.05) is 44.5 Å². The summed E-state index contributed by atoms with van der Waals surface area (Å²) >= 11 is 0. The summed E-state index contributed by atoms with van der Waals surface area (Å²) in [6.07, 6.45) is 10.8. The Morgan fingerprint density at radius 1 is 0.956 bits per heavy atom. The number of nitrogen functional groups attached to an aromatic ring is 1. The van der Waals surface area contributed by atoms with Gasteiger partial charge in [-0.2, -0.15) is 0 Å². The summed E-state index contributed by atoms with van der Waals surface area (Å²) in [5.74, 6) is 8.90. The smallest absolute Gasteiger partial charge is 0.302 e. The second-order valence-electron chi connectivity index (χ2n) is 19.6. The van der Waals surface area contributed by atoms with Crippen LogP contribution in [0.3, 0.4) is 0 Å². The van der Waals surface area contributed by atoms with Crippen molar-refractivity contribution in [3.05, 3.63) is 117 Å². The van der Waals surface area contributed by atoms with E-state index in [-0.39, 0.29) is 53.7 Å². The van der Waals surface area contributed by atoms with Gasteiger partial charge in [-0.1, -0.05) is 61.6 Å². The number of carbonyl (C=O) groups excluding carboxylic acids is 1. The monoisotopic (exact) mass is 916 g/mol. The van der Waals surface area contributed by atoms with Crippen LogP contribution in [0.1, 0.15) is 134 Å². The molecule has 0 amide bonds. The van der Waals surface area contributed by atoms with Crippen molar-refractivity contribution in [1.29, 1.82) is 0 Å². The predicted molar refractivity (Wildman–Crippen MR) is 265 cm³/mol. The Kier molecular flexibility index (Phi) is 12.9. The maximum Gasteiger partial charge on any atom is 0.302 e. The molecular weight excluding hydrogens is 853 g/mol. The number of hydrogen-bond donors (Lipinski definition) is 5. The van der Waals surface area contributed by atoms with Crippen molar-refractivity contribution in [3.8, 4) is 51.7 Å². The number of nitrogens with two attached hydrogens (primary N) is 1. The molecule has 3 aliphatic carbocycles. The Morgan fingerprint density at radius 3 is 2.62 bits per heavy atom. The molecule has 11 nitrogen and oxygen atoms in total. The highest BCUT2D eigenvalue weighted by atomic mass is 16.5. The van der Waals surface area contributed by atoms with Gasteiger partial charge in [-0.3, -0.25) is 4.79 Å². The molecule has 1 spiro atoms. The van der Waals surface area contributed by atoms with Crippen molar-refractivity contribution in [2.24, 2.45) is 5.92 Å². The highest BCUT2D eigenvalue weighted by molar-refractivity contribution is 5.84. The average molecular weight is 917 g/mol. The third kappa shape index (κ3) is 8.80. The number of ether oxygens (including phenoxy) is 4. The molecule has 0 radical (unpaired) electrons. The van der Waals surface area contributed by atoms with E-state index in [4.69, 9.17) is 29.7 Å². The SMILES string of the molecule is CCNc1ccccc1CC[C@H]1c2ccc(N)nc2C#CCc2cc(O)c(OCCNC3CCCCC3)cc2[C@H]2Oc3c(ccc4c3[C@]3(CC[C@@H]1C3)Cc1cc(O)cc(OC)c1-4)[C@@H]2COC(C)=O. The van der Waals surface area contributed by atoms with Crippen molar-refractivity contribution < 1.29 is 34.0 Å². The number of fused-ring (bicyclic) bond motifs is 7. The lowest BCUT2D eigenvalue weighted by molar-refractivity contribution is -0.141. The number of para-hydroxylation sites is 1. The standard InChI is InChI=1S/C57H64N4O7/c1-4-59-47-15-9-8-11-35(47)17-18-41-37-23-24-57(31-37)32-38-27-40(63)29-51(65-3)53(38)44-20-19-43-46(33-67-34(2)62)55(68-56(43)54(44)57)45-30-50(66-26-25-60-39-13-6-5-7-14-39)49(64)28-36(45)12-10-16-48-42(41)21-22-52(58)61-48/h8-9,11,15,19-22,27-30,37,39,41,46,55,59-60,63-64H,4-7,12-14,17-18,23-26,31-33H2,1-3H3,(H2,58,61)/t37-,41-,46+,55-,57+/m1/s1. The molecule has 4 bridgehead atoms. The Bertz CT molecular complexity index is 2770. The van der Waals surface area contributed by atoms with Gasteiger partial charge in [-0.05, 0) is 134 Å². The van der Waals surface area contributed by atoms with E-state index in [0.717, 1.165) is 94.6 Å². The van der Waals surface area contributed by atoms with E-state index in [9.17, 15) is 15.0 Å². The number of hydrogen-bond acceptors (Lipinski definition) is 11. The fourth-order valence-corrected chi connectivity index (χ4v) is 12.5. The number of anilines is 2. The number of nitrogens with one attached hydrogen (secondary N) is 2. The summed E-state index contributed by atoms with van der Waals surface area (Å²) in [5.41, 5.74) is 17.0. The molecule has 1 aromatic heterocycles. The number of aromatic nitrogens is 1. The quantitative estimate of drug-likeness (QED) is 0.0435. The van der Waals surface area contributed by atoms with Gasteiger partial charge in [-0.25, -0.2) is 4.98 Å². The maximum atomic E-state index is 12.6. The zero-order valence-corrected chi connectivity index (χ0v) is 39.6. The lowest BCUT2D eigenvalue weighted by atomic mass is 9.64. The van der Waals surface area contributed by atoms with Crippen molar-refractivity contribution in [3.63, 3.8) is 0 Å². The van der Waals surface area contributed by atoms with Crippen LogP contribution in [0.15, 0.2) is 72.8 Å². The minimum atomic E-state index is -0.607. The second-order valence-corrected chi connectivity index (χ2v) is 19.6. The number of aryl methyl sites for hydroxylation is 1. The molecule has 3 heterocycles. The van der Waals surface area contributed by atoms with Gasteiger partial charge in [0.05, 0.1) is 13.0 Å². The van der Waals surface area contributed by atoms with Gasteiger partial charge < -0.3 is 45.5 Å². The van der Waals surface area contributed by atoms with Crippen molar-refractivity contribution in [2.45, 2.75) is 120 Å². The number of phenolic OH excluding ortho intramolecular Hbond substituents is 2. The number of aromatic hydroxyl groups is 2. The van der Waals surface area contributed by atoms with E-state index in [1.807, 2.05) is 18.2 Å². The highest BCUT2D eigenvalue weighted by Gasteiger charge is 2.52. The molecule has 0 saturated heterocycles. The molecule has 68 heavy (non-hydrogen) atoms. The fraction of sp³-hybridized carbons (Fsp3) is 0.439. The molecular formula is C57H64N4O7. The molecule has 6 N–H and O–H groups in total. The van der Waals surface area contributed by atoms with Crippen LogP contribution in [0, 0.1) is 17.8 Å². The van der Waals surface area contributed by atoms with Crippen LogP contribution in [0.5, 0.6) is 28.7 Å². The Balaban J connectivity index is 1.14. The number of nitrogens with zero attached hydrogens (tertiary/aromatic N) is 1. The zero-order valence-electron chi connectivity index (χ0n) is 39.6. The third-order valence-corrected chi connectivity index (χ3v) is 15.5. The first kappa shape index (κ1) is 45.4. The molecule has 2 fully saturated rings. The Morgan fingerprint density at radius 2 is 1.79 bits per heavy atom. The maximum absolute atomic E-state index is 12.6. The Hall–Kier alpha value is -6.38. The molecule has 354 valence electrons. The van der Waals surface area contributed by atoms with Gasteiger partial charge in [0.15, 0.2) is 11.5 Å². The van der Waals surface area contributed by atoms with Gasteiger partial charge >= 0.3 is 5.97 Å². The van der Waals surface area contributed by atoms with Gasteiger partial charge in [-0.15, -0.1) is 0 Å². The first-order valence-electron chi connectivity index (χ1n) is 24.8. The Labute approximate surface area is 400 Å². The zero-order chi connectivity index (χ0) is 46.9. The summed E-state index contributed by atoms with van der Waals surface area (Å²) in [4.78, 5) is 17.6. The van der Waals surface area contributed by atoms with Crippen LogP contribution < -0.4 is 30.6 Å². The van der Waals surface area contributed by atoms with Crippen molar-refractivity contribution >= 4 is 17.5 Å². The molecule has 10 rings (SSSR count). The molecule has 11 heteroatoms. The number of esters is 1. The molecule has 2 aliphatic heterocycles. The van der Waals surface area contributed by atoms with E-state index in [1.54, 1.807) is 19.2 Å². The fourth-order valence-electron chi connectivity index (χ4n) is 12.5. The first-order chi connectivity index (χ1) is 33.1. The lowest BCUT2D eigenvalue weighted by Crippen LogP contribution is -2.34. The van der Waals surface area contributed by atoms with E-state index < -0.39 is 6.10 Å². The number of rotatable bonds is 13. The lowest BCUT2D eigenvalue weighted by Gasteiger charge is -2.39. The first-order valence-corrected chi connectivity index (χ1v) is 24.8. The summed E-state index contributed by atoms with van der Waals surface area (Å²) < 4.78 is 25.8. The molecule has 5 atom stereocenters. The molecule has 5 aromatic rings. The molecule has 2 saturated carbocycles. The molecule has 0 unspecified atom stereocenters. The number of phenols is 2. The topological polar surface area (TPSA) is 157 Å². The average Bonchev–Trinajstić information content (AvgIpc) is 3.92. The van der Waals surface area contributed by atoms with Crippen LogP contribution in [-0.4, -0.2) is 60.6 Å². The van der Waals surface area contributed by atoms with Crippen LogP contribution in [0.4, 0.5) is 11.5 Å². The van der Waals surface area contributed by atoms with Crippen molar-refractivity contribution in [1.82, 2.24) is 10.3 Å².